The topological polar surface area (TPSA) is 53.3 Å². The molecular formula is C6H12ClNO2. The highest BCUT2D eigenvalue weighted by atomic mass is 35.5. The number of hydrogen-bond donors (Lipinski definition) is 2. The largest absolute Gasteiger partial charge is 0.482 e. The van der Waals surface area contributed by atoms with Crippen LogP contribution in [0, 0.1) is 5.41 Å². The standard InChI is InChI=1S/C6H12ClNO2/c1-4(7)6(2,9)5(8)10-3/h4,8-9H,1-3H3. The van der Waals surface area contributed by atoms with Gasteiger partial charge in [0.25, 0.3) is 0 Å². The van der Waals surface area contributed by atoms with Gasteiger partial charge < -0.3 is 9.84 Å². The van der Waals surface area contributed by atoms with Crippen molar-refractivity contribution in [3.8, 4) is 0 Å². The van der Waals surface area contributed by atoms with Crippen LogP contribution >= 0.6 is 11.6 Å². The monoisotopic (exact) mass is 165 g/mol. The van der Waals surface area contributed by atoms with Gasteiger partial charge in [-0.2, -0.15) is 0 Å². The quantitative estimate of drug-likeness (QED) is 0.364. The third-order valence-corrected chi connectivity index (χ3v) is 1.86. The van der Waals surface area contributed by atoms with Crippen molar-refractivity contribution in [2.75, 3.05) is 7.11 Å². The zero-order valence-electron chi connectivity index (χ0n) is 6.31. The fraction of sp³-hybridized carbons (Fsp3) is 0.833. The molecule has 0 aromatic rings. The molecule has 60 valence electrons. The summed E-state index contributed by atoms with van der Waals surface area (Å²) in [5.74, 6) is -0.213. The van der Waals surface area contributed by atoms with Crippen LogP contribution in [0.25, 0.3) is 0 Å². The lowest BCUT2D eigenvalue weighted by atomic mass is 10.0. The Balaban J connectivity index is 4.24. The van der Waals surface area contributed by atoms with Crippen LogP contribution in [0.5, 0.6) is 0 Å². The molecule has 0 radical (unpaired) electrons. The van der Waals surface area contributed by atoms with E-state index in [4.69, 9.17) is 17.0 Å². The molecule has 0 amide bonds. The van der Waals surface area contributed by atoms with Crippen molar-refractivity contribution in [1.82, 2.24) is 0 Å². The summed E-state index contributed by atoms with van der Waals surface area (Å²) < 4.78 is 4.53. The second kappa shape index (κ2) is 3.21. The summed E-state index contributed by atoms with van der Waals surface area (Å²) in [7, 11) is 1.33. The van der Waals surface area contributed by atoms with Crippen molar-refractivity contribution < 1.29 is 9.84 Å². The minimum absolute atomic E-state index is 0.213. The molecule has 0 heterocycles. The van der Waals surface area contributed by atoms with Gasteiger partial charge in [0, 0.05) is 0 Å². The molecule has 0 aromatic carbocycles. The van der Waals surface area contributed by atoms with E-state index in [1.165, 1.54) is 14.0 Å². The Bertz CT molecular complexity index is 134. The summed E-state index contributed by atoms with van der Waals surface area (Å²) in [5, 5.41) is 16.0. The highest BCUT2D eigenvalue weighted by molar-refractivity contribution is 6.22. The van der Waals surface area contributed by atoms with E-state index in [2.05, 4.69) is 4.74 Å². The van der Waals surface area contributed by atoms with Gasteiger partial charge in [-0.25, -0.2) is 0 Å². The summed E-state index contributed by atoms with van der Waals surface area (Å²) in [6.07, 6.45) is 0. The van der Waals surface area contributed by atoms with Crippen LogP contribution in [0.15, 0.2) is 0 Å². The van der Waals surface area contributed by atoms with Gasteiger partial charge in [-0.3, -0.25) is 5.41 Å². The maximum absolute atomic E-state index is 9.38. The van der Waals surface area contributed by atoms with Crippen molar-refractivity contribution in [2.45, 2.75) is 24.8 Å². The van der Waals surface area contributed by atoms with E-state index in [-0.39, 0.29) is 5.90 Å². The van der Waals surface area contributed by atoms with E-state index in [1.54, 1.807) is 6.92 Å². The zero-order chi connectivity index (χ0) is 8.36. The predicted octanol–water partition coefficient (Wildman–Crippen LogP) is 0.988. The van der Waals surface area contributed by atoms with E-state index in [0.29, 0.717) is 0 Å². The molecule has 2 unspecified atom stereocenters. The first-order valence-electron chi connectivity index (χ1n) is 2.92. The Hall–Kier alpha value is -0.280. The van der Waals surface area contributed by atoms with Crippen molar-refractivity contribution in [3.05, 3.63) is 0 Å². The third kappa shape index (κ3) is 1.85. The van der Waals surface area contributed by atoms with E-state index >= 15 is 0 Å². The number of halogens is 1. The van der Waals surface area contributed by atoms with Crippen molar-refractivity contribution >= 4 is 17.5 Å². The van der Waals surface area contributed by atoms with Gasteiger partial charge in [-0.1, -0.05) is 0 Å². The summed E-state index contributed by atoms with van der Waals surface area (Å²) in [6, 6.07) is 0. The average Bonchev–Trinajstić information content (AvgIpc) is 1.86. The SMILES string of the molecule is COC(=N)C(C)(O)C(C)Cl. The van der Waals surface area contributed by atoms with Crippen LogP contribution in [-0.4, -0.2) is 29.1 Å². The van der Waals surface area contributed by atoms with Gasteiger partial charge in [-0.15, -0.1) is 11.6 Å². The number of rotatable bonds is 2. The Labute approximate surface area is 65.5 Å². The molecule has 4 heteroatoms. The van der Waals surface area contributed by atoms with E-state index < -0.39 is 11.0 Å². The van der Waals surface area contributed by atoms with E-state index in [0.717, 1.165) is 0 Å². The maximum atomic E-state index is 9.38. The molecule has 0 saturated heterocycles. The first-order valence-corrected chi connectivity index (χ1v) is 3.36. The molecule has 0 bridgehead atoms. The number of alkyl halides is 1. The van der Waals surface area contributed by atoms with E-state index in [1.807, 2.05) is 0 Å². The first kappa shape index (κ1) is 9.72. The Kier molecular flexibility index (Phi) is 3.12. The molecule has 3 nitrogen and oxygen atoms in total. The number of ether oxygens (including phenoxy) is 1. The van der Waals surface area contributed by atoms with Gasteiger partial charge >= 0.3 is 0 Å². The second-order valence-corrected chi connectivity index (χ2v) is 2.95. The summed E-state index contributed by atoms with van der Waals surface area (Å²) >= 11 is 5.57. The fourth-order valence-corrected chi connectivity index (χ4v) is 0.486. The lowest BCUT2D eigenvalue weighted by molar-refractivity contribution is 0.102. The molecule has 0 rings (SSSR count). The van der Waals surface area contributed by atoms with Gasteiger partial charge in [0.15, 0.2) is 5.60 Å². The maximum Gasteiger partial charge on any atom is 0.214 e. The molecule has 0 aromatic heterocycles. The van der Waals surface area contributed by atoms with Crippen molar-refractivity contribution in [2.24, 2.45) is 0 Å². The van der Waals surface area contributed by atoms with Crippen LogP contribution in [0.4, 0.5) is 0 Å². The minimum Gasteiger partial charge on any atom is -0.482 e. The number of hydrogen-bond acceptors (Lipinski definition) is 3. The molecule has 2 N–H and O–H groups in total. The highest BCUT2D eigenvalue weighted by Gasteiger charge is 2.33. The van der Waals surface area contributed by atoms with Crippen molar-refractivity contribution in [3.63, 3.8) is 0 Å². The van der Waals surface area contributed by atoms with Crippen LogP contribution in [-0.2, 0) is 4.74 Å². The Morgan fingerprint density at radius 1 is 1.80 bits per heavy atom. The summed E-state index contributed by atoms with van der Waals surface area (Å²) in [6.45, 7) is 3.05. The zero-order valence-corrected chi connectivity index (χ0v) is 7.07. The number of methoxy groups -OCH3 is 1. The fourth-order valence-electron chi connectivity index (χ4n) is 0.387. The van der Waals surface area contributed by atoms with Gasteiger partial charge in [-0.05, 0) is 13.8 Å². The molecule has 0 aliphatic rings. The van der Waals surface area contributed by atoms with E-state index in [9.17, 15) is 5.11 Å². The summed E-state index contributed by atoms with van der Waals surface area (Å²) in [5.41, 5.74) is -1.36. The average molecular weight is 166 g/mol. The molecule has 0 spiro atoms. The van der Waals surface area contributed by atoms with Crippen LogP contribution < -0.4 is 0 Å². The van der Waals surface area contributed by atoms with Crippen molar-refractivity contribution in [1.29, 1.82) is 5.41 Å². The minimum atomic E-state index is -1.36. The first-order chi connectivity index (χ1) is 4.42. The smallest absolute Gasteiger partial charge is 0.214 e. The molecule has 2 atom stereocenters. The molecule has 10 heavy (non-hydrogen) atoms. The molecule has 0 saturated carbocycles. The van der Waals surface area contributed by atoms with Crippen LogP contribution in [0.2, 0.25) is 0 Å². The molecule has 0 aliphatic heterocycles. The number of nitrogens with one attached hydrogen (secondary N) is 1. The van der Waals surface area contributed by atoms with Crippen LogP contribution in [0.3, 0.4) is 0 Å². The van der Waals surface area contributed by atoms with Crippen LogP contribution in [0.1, 0.15) is 13.8 Å². The lowest BCUT2D eigenvalue weighted by Crippen LogP contribution is -2.42. The second-order valence-electron chi connectivity index (χ2n) is 2.30. The van der Waals surface area contributed by atoms with Gasteiger partial charge in [0.2, 0.25) is 5.90 Å². The predicted molar refractivity (Wildman–Crippen MR) is 40.7 cm³/mol. The highest BCUT2D eigenvalue weighted by Crippen LogP contribution is 2.16. The van der Waals surface area contributed by atoms with Gasteiger partial charge in [0.05, 0.1) is 12.5 Å². The third-order valence-electron chi connectivity index (χ3n) is 1.44. The Morgan fingerprint density at radius 3 is 2.30 bits per heavy atom. The Morgan fingerprint density at radius 2 is 2.20 bits per heavy atom. The molecule has 0 aliphatic carbocycles. The van der Waals surface area contributed by atoms with Gasteiger partial charge in [0.1, 0.15) is 0 Å². The molecule has 0 fully saturated rings. The summed E-state index contributed by atoms with van der Waals surface area (Å²) in [4.78, 5) is 0. The number of aliphatic hydroxyl groups is 1. The normalized spacial score (nSPS) is 19.3. The lowest BCUT2D eigenvalue weighted by Gasteiger charge is -2.24. The molecular weight excluding hydrogens is 154 g/mol.